The number of nitrogens with one attached hydrogen (secondary N) is 3. The van der Waals surface area contributed by atoms with Gasteiger partial charge in [0.25, 0.3) is 5.91 Å². The lowest BCUT2D eigenvalue weighted by Gasteiger charge is -2.22. The Morgan fingerprint density at radius 2 is 1.90 bits per heavy atom. The average molecular weight is 295 g/mol. The van der Waals surface area contributed by atoms with Crippen LogP contribution in [0, 0.1) is 0 Å². The minimum atomic E-state index is -0.137. The maximum absolute atomic E-state index is 11.7. The first-order valence-corrected chi connectivity index (χ1v) is 8.00. The Kier molecular flexibility index (Phi) is 5.86. The smallest absolute Gasteiger partial charge is 0.315 e. The van der Waals surface area contributed by atoms with Gasteiger partial charge in [0, 0.05) is 19.1 Å². The molecule has 0 saturated heterocycles. The summed E-state index contributed by atoms with van der Waals surface area (Å²) < 4.78 is 0. The highest BCUT2D eigenvalue weighted by Gasteiger charge is 2.15. The predicted molar refractivity (Wildman–Crippen MR) is 80.1 cm³/mol. The van der Waals surface area contributed by atoms with Crippen LogP contribution < -0.4 is 16.0 Å². The quantitative estimate of drug-likeness (QED) is 0.728. The number of urea groups is 1. The lowest BCUT2D eigenvalue weighted by atomic mass is 9.96. The molecule has 0 atom stereocenters. The van der Waals surface area contributed by atoms with Crippen molar-refractivity contribution in [1.29, 1.82) is 0 Å². The summed E-state index contributed by atoms with van der Waals surface area (Å²) in [4.78, 5) is 24.0. The van der Waals surface area contributed by atoms with E-state index in [0.717, 1.165) is 12.8 Å². The molecule has 2 rings (SSSR count). The van der Waals surface area contributed by atoms with E-state index < -0.39 is 0 Å². The summed E-state index contributed by atoms with van der Waals surface area (Å²) >= 11 is 1.41. The Balaban J connectivity index is 1.56. The number of rotatable bonds is 5. The maximum atomic E-state index is 11.7. The van der Waals surface area contributed by atoms with Crippen LogP contribution in [0.15, 0.2) is 17.5 Å². The Bertz CT molecular complexity index is 428. The molecule has 1 heterocycles. The van der Waals surface area contributed by atoms with Crippen LogP contribution in [0.25, 0.3) is 0 Å². The van der Waals surface area contributed by atoms with Crippen LogP contribution in [0.4, 0.5) is 4.79 Å². The average Bonchev–Trinajstić information content (AvgIpc) is 2.99. The molecule has 1 aromatic heterocycles. The van der Waals surface area contributed by atoms with Crippen molar-refractivity contribution in [3.63, 3.8) is 0 Å². The van der Waals surface area contributed by atoms with Gasteiger partial charge in [0.2, 0.25) is 0 Å². The van der Waals surface area contributed by atoms with Gasteiger partial charge in [-0.05, 0) is 24.3 Å². The van der Waals surface area contributed by atoms with Crippen molar-refractivity contribution in [3.05, 3.63) is 22.4 Å². The van der Waals surface area contributed by atoms with E-state index in [1.54, 1.807) is 6.07 Å². The highest BCUT2D eigenvalue weighted by atomic mass is 32.1. The molecule has 20 heavy (non-hydrogen) atoms. The molecule has 0 radical (unpaired) electrons. The summed E-state index contributed by atoms with van der Waals surface area (Å²) in [5.74, 6) is -0.0884. The van der Waals surface area contributed by atoms with Crippen LogP contribution in [0.1, 0.15) is 41.8 Å². The van der Waals surface area contributed by atoms with Gasteiger partial charge in [-0.15, -0.1) is 11.3 Å². The second-order valence-corrected chi connectivity index (χ2v) is 5.92. The van der Waals surface area contributed by atoms with Crippen LogP contribution >= 0.6 is 11.3 Å². The van der Waals surface area contributed by atoms with Crippen LogP contribution in [-0.2, 0) is 0 Å². The molecule has 0 spiro atoms. The van der Waals surface area contributed by atoms with Gasteiger partial charge in [-0.2, -0.15) is 0 Å². The molecule has 1 aliphatic carbocycles. The Hall–Kier alpha value is -1.56. The number of thiophene rings is 1. The Morgan fingerprint density at radius 1 is 1.15 bits per heavy atom. The molecule has 1 aromatic rings. The first-order chi connectivity index (χ1) is 9.75. The van der Waals surface area contributed by atoms with E-state index in [0.29, 0.717) is 24.0 Å². The number of amides is 3. The van der Waals surface area contributed by atoms with E-state index in [1.165, 1.54) is 30.6 Å². The van der Waals surface area contributed by atoms with E-state index in [2.05, 4.69) is 16.0 Å². The zero-order valence-corrected chi connectivity index (χ0v) is 12.3. The molecule has 6 heteroatoms. The fourth-order valence-electron chi connectivity index (χ4n) is 2.33. The van der Waals surface area contributed by atoms with Crippen molar-refractivity contribution in [2.75, 3.05) is 13.1 Å². The lowest BCUT2D eigenvalue weighted by Crippen LogP contribution is -2.45. The fourth-order valence-corrected chi connectivity index (χ4v) is 2.97. The molecule has 0 unspecified atom stereocenters. The van der Waals surface area contributed by atoms with Crippen LogP contribution in [0.3, 0.4) is 0 Å². The summed E-state index contributed by atoms with van der Waals surface area (Å²) in [6.45, 7) is 0.879. The molecule has 1 fully saturated rings. The van der Waals surface area contributed by atoms with Gasteiger partial charge in [0.15, 0.2) is 0 Å². The highest BCUT2D eigenvalue weighted by molar-refractivity contribution is 7.12. The van der Waals surface area contributed by atoms with Gasteiger partial charge in [-0.3, -0.25) is 4.79 Å². The van der Waals surface area contributed by atoms with Crippen LogP contribution in [0.5, 0.6) is 0 Å². The standard InChI is InChI=1S/C14H21N3O2S/c18-13(12-7-4-10-20-12)15-8-9-16-14(19)17-11-5-2-1-3-6-11/h4,7,10-11H,1-3,5-6,8-9H2,(H,15,18)(H2,16,17,19). The summed E-state index contributed by atoms with van der Waals surface area (Å²) in [5.41, 5.74) is 0. The largest absolute Gasteiger partial charge is 0.350 e. The second-order valence-electron chi connectivity index (χ2n) is 4.97. The van der Waals surface area contributed by atoms with E-state index in [1.807, 2.05) is 11.4 Å². The molecule has 0 aliphatic heterocycles. The van der Waals surface area contributed by atoms with Crippen LogP contribution in [0.2, 0.25) is 0 Å². The second kappa shape index (κ2) is 7.89. The third-order valence-corrected chi connectivity index (χ3v) is 4.25. The Morgan fingerprint density at radius 3 is 2.60 bits per heavy atom. The third kappa shape index (κ3) is 4.85. The fraction of sp³-hybridized carbons (Fsp3) is 0.571. The lowest BCUT2D eigenvalue weighted by molar-refractivity contribution is 0.0958. The first-order valence-electron chi connectivity index (χ1n) is 7.12. The maximum Gasteiger partial charge on any atom is 0.315 e. The van der Waals surface area contributed by atoms with Gasteiger partial charge < -0.3 is 16.0 Å². The number of carbonyl (C=O) groups is 2. The summed E-state index contributed by atoms with van der Waals surface area (Å²) in [6, 6.07) is 3.80. The minimum absolute atomic E-state index is 0.0884. The molecule has 1 aliphatic rings. The Labute approximate surface area is 123 Å². The molecule has 3 N–H and O–H groups in total. The number of hydrogen-bond donors (Lipinski definition) is 3. The van der Waals surface area contributed by atoms with Gasteiger partial charge >= 0.3 is 6.03 Å². The monoisotopic (exact) mass is 295 g/mol. The predicted octanol–water partition coefficient (Wildman–Crippen LogP) is 2.11. The number of carbonyl (C=O) groups excluding carboxylic acids is 2. The minimum Gasteiger partial charge on any atom is -0.350 e. The van der Waals surface area contributed by atoms with Crippen molar-refractivity contribution in [3.8, 4) is 0 Å². The highest BCUT2D eigenvalue weighted by Crippen LogP contribution is 2.17. The summed E-state index contributed by atoms with van der Waals surface area (Å²) in [6.07, 6.45) is 5.81. The molecule has 0 bridgehead atoms. The van der Waals surface area contributed by atoms with Gasteiger partial charge in [0.05, 0.1) is 4.88 Å². The zero-order valence-electron chi connectivity index (χ0n) is 11.5. The molecule has 110 valence electrons. The summed E-state index contributed by atoms with van der Waals surface area (Å²) in [7, 11) is 0. The van der Waals surface area contributed by atoms with Crippen molar-refractivity contribution >= 4 is 23.3 Å². The third-order valence-electron chi connectivity index (χ3n) is 3.38. The molecule has 5 nitrogen and oxygen atoms in total. The molecule has 3 amide bonds. The molecular formula is C14H21N3O2S. The van der Waals surface area contributed by atoms with Crippen molar-refractivity contribution in [2.45, 2.75) is 38.1 Å². The van der Waals surface area contributed by atoms with E-state index in [-0.39, 0.29) is 11.9 Å². The van der Waals surface area contributed by atoms with E-state index >= 15 is 0 Å². The van der Waals surface area contributed by atoms with Gasteiger partial charge in [-0.25, -0.2) is 4.79 Å². The van der Waals surface area contributed by atoms with Crippen molar-refractivity contribution in [1.82, 2.24) is 16.0 Å². The van der Waals surface area contributed by atoms with Crippen LogP contribution in [-0.4, -0.2) is 31.1 Å². The normalized spacial score (nSPS) is 15.6. The van der Waals surface area contributed by atoms with Gasteiger partial charge in [-0.1, -0.05) is 25.3 Å². The summed E-state index contributed by atoms with van der Waals surface area (Å²) in [5, 5.41) is 10.4. The first kappa shape index (κ1) is 14.8. The van der Waals surface area contributed by atoms with Gasteiger partial charge in [0.1, 0.15) is 0 Å². The zero-order chi connectivity index (χ0) is 14.2. The SMILES string of the molecule is O=C(NCCNC(=O)c1cccs1)NC1CCCCC1. The topological polar surface area (TPSA) is 70.2 Å². The van der Waals surface area contributed by atoms with E-state index in [4.69, 9.17) is 0 Å². The molecule has 0 aromatic carbocycles. The van der Waals surface area contributed by atoms with Crippen molar-refractivity contribution in [2.24, 2.45) is 0 Å². The number of hydrogen-bond acceptors (Lipinski definition) is 3. The molecule has 1 saturated carbocycles. The van der Waals surface area contributed by atoms with E-state index in [9.17, 15) is 9.59 Å². The molecular weight excluding hydrogens is 274 g/mol. The van der Waals surface area contributed by atoms with Crippen molar-refractivity contribution < 1.29 is 9.59 Å².